The number of hydrogen-bond acceptors (Lipinski definition) is 6. The van der Waals surface area contributed by atoms with Crippen molar-refractivity contribution in [2.45, 2.75) is 11.8 Å². The largest absolute Gasteiger partial charge is 0.497 e. The molecule has 3 aromatic carbocycles. The number of ether oxygens (including phenoxy) is 2. The van der Waals surface area contributed by atoms with E-state index in [-0.39, 0.29) is 4.90 Å². The lowest BCUT2D eigenvalue weighted by atomic mass is 10.2. The monoisotopic (exact) mass is 467 g/mol. The number of sulfonamides is 1. The number of nitrogens with one attached hydrogen (secondary N) is 1. The molecule has 33 heavy (non-hydrogen) atoms. The van der Waals surface area contributed by atoms with Gasteiger partial charge in [0, 0.05) is 6.07 Å². The number of anilines is 1. The zero-order chi connectivity index (χ0) is 23.8. The first kappa shape index (κ1) is 23.8. The van der Waals surface area contributed by atoms with Crippen LogP contribution in [0.4, 0.5) is 5.69 Å². The van der Waals surface area contributed by atoms with Crippen molar-refractivity contribution in [3.63, 3.8) is 0 Å². The van der Waals surface area contributed by atoms with E-state index in [2.05, 4.69) is 10.5 Å². The highest BCUT2D eigenvalue weighted by molar-refractivity contribution is 7.92. The third-order valence-electron chi connectivity index (χ3n) is 4.73. The molecule has 9 heteroatoms. The zero-order valence-electron chi connectivity index (χ0n) is 18.6. The number of hydrogen-bond donors (Lipinski definition) is 1. The van der Waals surface area contributed by atoms with Crippen molar-refractivity contribution in [2.75, 3.05) is 25.1 Å². The minimum Gasteiger partial charge on any atom is -0.497 e. The highest BCUT2D eigenvalue weighted by atomic mass is 32.2. The normalized spacial score (nSPS) is 11.2. The van der Waals surface area contributed by atoms with E-state index < -0.39 is 22.5 Å². The SMILES string of the molecule is COc1cccc(/C=N\NC(=O)CN(c2cccc(OC)c2)S(=O)(=O)c2ccc(C)cc2)c1. The molecule has 0 unspecified atom stereocenters. The zero-order valence-corrected chi connectivity index (χ0v) is 19.4. The first-order valence-electron chi connectivity index (χ1n) is 10.0. The van der Waals surface area contributed by atoms with Crippen LogP contribution in [0.15, 0.2) is 82.8 Å². The van der Waals surface area contributed by atoms with E-state index in [0.29, 0.717) is 22.7 Å². The second kappa shape index (κ2) is 10.6. The van der Waals surface area contributed by atoms with Gasteiger partial charge in [-0.25, -0.2) is 13.8 Å². The summed E-state index contributed by atoms with van der Waals surface area (Å²) in [6, 6.07) is 20.1. The molecule has 3 aromatic rings. The Morgan fingerprint density at radius 3 is 2.27 bits per heavy atom. The summed E-state index contributed by atoms with van der Waals surface area (Å²) in [5.41, 5.74) is 4.31. The van der Waals surface area contributed by atoms with Gasteiger partial charge in [0.25, 0.3) is 15.9 Å². The molecule has 0 radical (unpaired) electrons. The first-order valence-corrected chi connectivity index (χ1v) is 11.5. The highest BCUT2D eigenvalue weighted by Crippen LogP contribution is 2.27. The maximum Gasteiger partial charge on any atom is 0.264 e. The van der Waals surface area contributed by atoms with Gasteiger partial charge in [-0.15, -0.1) is 0 Å². The predicted molar refractivity (Wildman–Crippen MR) is 127 cm³/mol. The minimum absolute atomic E-state index is 0.0728. The third kappa shape index (κ3) is 6.11. The Hall–Kier alpha value is -3.85. The molecule has 3 rings (SSSR count). The van der Waals surface area contributed by atoms with Gasteiger partial charge in [0.1, 0.15) is 18.0 Å². The fourth-order valence-corrected chi connectivity index (χ4v) is 4.40. The van der Waals surface area contributed by atoms with E-state index in [9.17, 15) is 13.2 Å². The van der Waals surface area contributed by atoms with Crippen molar-refractivity contribution < 1.29 is 22.7 Å². The van der Waals surface area contributed by atoms with E-state index >= 15 is 0 Å². The van der Waals surface area contributed by atoms with Gasteiger partial charge < -0.3 is 9.47 Å². The summed E-state index contributed by atoms with van der Waals surface area (Å²) in [5, 5.41) is 3.94. The molecule has 0 aliphatic heterocycles. The standard InChI is InChI=1S/C24H25N3O5S/c1-18-10-12-23(13-11-18)33(29,30)27(20-7-5-9-22(15-20)32-3)17-24(28)26-25-16-19-6-4-8-21(14-19)31-2/h4-16H,17H2,1-3H3,(H,26,28)/b25-16-. The van der Waals surface area contributed by atoms with Crippen molar-refractivity contribution in [1.82, 2.24) is 5.43 Å². The van der Waals surface area contributed by atoms with E-state index in [4.69, 9.17) is 9.47 Å². The average Bonchev–Trinajstić information content (AvgIpc) is 2.83. The number of carbonyl (C=O) groups is 1. The summed E-state index contributed by atoms with van der Waals surface area (Å²) in [4.78, 5) is 12.7. The molecule has 0 atom stereocenters. The molecule has 0 aromatic heterocycles. The van der Waals surface area contributed by atoms with Crippen LogP contribution >= 0.6 is 0 Å². The summed E-state index contributed by atoms with van der Waals surface area (Å²) < 4.78 is 38.2. The van der Waals surface area contributed by atoms with Crippen LogP contribution in [0, 0.1) is 6.92 Å². The summed E-state index contributed by atoms with van der Waals surface area (Å²) in [7, 11) is -0.989. The van der Waals surface area contributed by atoms with E-state index in [0.717, 1.165) is 9.87 Å². The average molecular weight is 468 g/mol. The van der Waals surface area contributed by atoms with Crippen molar-refractivity contribution in [3.05, 3.63) is 83.9 Å². The number of aryl methyl sites for hydroxylation is 1. The molecular weight excluding hydrogens is 442 g/mol. The number of hydrazone groups is 1. The van der Waals surface area contributed by atoms with Gasteiger partial charge in [-0.3, -0.25) is 9.10 Å². The lowest BCUT2D eigenvalue weighted by Gasteiger charge is -2.24. The number of methoxy groups -OCH3 is 2. The molecule has 0 fully saturated rings. The Kier molecular flexibility index (Phi) is 7.68. The molecule has 0 saturated heterocycles. The van der Waals surface area contributed by atoms with Crippen molar-refractivity contribution in [3.8, 4) is 11.5 Å². The van der Waals surface area contributed by atoms with Crippen molar-refractivity contribution in [1.29, 1.82) is 0 Å². The highest BCUT2D eigenvalue weighted by Gasteiger charge is 2.27. The van der Waals surface area contributed by atoms with Crippen LogP contribution in [0.5, 0.6) is 11.5 Å². The lowest BCUT2D eigenvalue weighted by molar-refractivity contribution is -0.119. The van der Waals surface area contributed by atoms with Crippen LogP contribution in [-0.4, -0.2) is 41.3 Å². The molecule has 8 nitrogen and oxygen atoms in total. The fraction of sp³-hybridized carbons (Fsp3) is 0.167. The smallest absolute Gasteiger partial charge is 0.264 e. The number of amides is 1. The number of nitrogens with zero attached hydrogens (tertiary/aromatic N) is 2. The number of benzene rings is 3. The van der Waals surface area contributed by atoms with Crippen LogP contribution in [0.25, 0.3) is 0 Å². The second-order valence-corrected chi connectivity index (χ2v) is 8.96. The molecule has 0 aliphatic carbocycles. The Morgan fingerprint density at radius 2 is 1.61 bits per heavy atom. The van der Waals surface area contributed by atoms with Crippen LogP contribution < -0.4 is 19.2 Å². The summed E-state index contributed by atoms with van der Waals surface area (Å²) in [6.45, 7) is 1.39. The maximum absolute atomic E-state index is 13.4. The minimum atomic E-state index is -4.03. The maximum atomic E-state index is 13.4. The predicted octanol–water partition coefficient (Wildman–Crippen LogP) is 3.36. The van der Waals surface area contributed by atoms with Gasteiger partial charge in [-0.2, -0.15) is 5.10 Å². The fourth-order valence-electron chi connectivity index (χ4n) is 2.98. The summed E-state index contributed by atoms with van der Waals surface area (Å²) in [6.07, 6.45) is 1.45. The third-order valence-corrected chi connectivity index (χ3v) is 6.52. The molecule has 1 N–H and O–H groups in total. The van der Waals surface area contributed by atoms with Gasteiger partial charge in [0.05, 0.1) is 31.0 Å². The van der Waals surface area contributed by atoms with Crippen LogP contribution in [0.2, 0.25) is 0 Å². The van der Waals surface area contributed by atoms with E-state index in [1.165, 1.54) is 25.5 Å². The van der Waals surface area contributed by atoms with Gasteiger partial charge in [-0.1, -0.05) is 35.9 Å². The van der Waals surface area contributed by atoms with Gasteiger partial charge in [0.2, 0.25) is 0 Å². The molecule has 0 heterocycles. The first-order chi connectivity index (χ1) is 15.8. The van der Waals surface area contributed by atoms with Crippen LogP contribution in [-0.2, 0) is 14.8 Å². The van der Waals surface area contributed by atoms with Crippen LogP contribution in [0.1, 0.15) is 11.1 Å². The number of carbonyl (C=O) groups excluding carboxylic acids is 1. The Labute approximate surface area is 193 Å². The molecule has 0 saturated carbocycles. The Bertz CT molecular complexity index is 1240. The molecule has 0 aliphatic rings. The van der Waals surface area contributed by atoms with Crippen molar-refractivity contribution >= 4 is 27.8 Å². The molecule has 1 amide bonds. The topological polar surface area (TPSA) is 97.3 Å². The van der Waals surface area contributed by atoms with E-state index in [1.807, 2.05) is 6.92 Å². The quantitative estimate of drug-likeness (QED) is 0.384. The van der Waals surface area contributed by atoms with E-state index in [1.54, 1.807) is 67.8 Å². The Morgan fingerprint density at radius 1 is 0.970 bits per heavy atom. The van der Waals surface area contributed by atoms with Gasteiger partial charge in [-0.05, 0) is 48.9 Å². The number of rotatable bonds is 9. The second-order valence-electron chi connectivity index (χ2n) is 7.10. The lowest BCUT2D eigenvalue weighted by Crippen LogP contribution is -2.39. The van der Waals surface area contributed by atoms with Crippen LogP contribution in [0.3, 0.4) is 0 Å². The Balaban J connectivity index is 1.85. The van der Waals surface area contributed by atoms with Crippen molar-refractivity contribution in [2.24, 2.45) is 5.10 Å². The summed E-state index contributed by atoms with van der Waals surface area (Å²) >= 11 is 0. The molecule has 172 valence electrons. The summed E-state index contributed by atoms with van der Waals surface area (Å²) in [5.74, 6) is 0.513. The molecular formula is C24H25N3O5S. The van der Waals surface area contributed by atoms with Gasteiger partial charge >= 0.3 is 0 Å². The van der Waals surface area contributed by atoms with Gasteiger partial charge in [0.15, 0.2) is 0 Å². The molecule has 0 spiro atoms. The molecule has 0 bridgehead atoms.